The van der Waals surface area contributed by atoms with E-state index in [0.717, 1.165) is 11.5 Å². The van der Waals surface area contributed by atoms with Crippen LogP contribution in [-0.2, 0) is 6.54 Å². The van der Waals surface area contributed by atoms with Gasteiger partial charge in [0.2, 0.25) is 0 Å². The highest BCUT2D eigenvalue weighted by atomic mass is 16.2. The van der Waals surface area contributed by atoms with Gasteiger partial charge >= 0.3 is 6.03 Å². The van der Waals surface area contributed by atoms with Gasteiger partial charge in [-0.05, 0) is 42.0 Å². The van der Waals surface area contributed by atoms with Gasteiger partial charge < -0.3 is 10.6 Å². The van der Waals surface area contributed by atoms with Crippen LogP contribution in [-0.4, -0.2) is 25.8 Å². The maximum absolute atomic E-state index is 12.2. The standard InChI is InChI=1S/C18H18N6O/c25-18(21-10-13-3-5-14(6-4-13)15-7-8-15)23-16-2-1-9-20-17(16)24-12-19-11-22-24/h1-6,9,11-12,15H,7-8,10H2,(H2,21,23,25). The molecule has 1 fully saturated rings. The van der Waals surface area contributed by atoms with Gasteiger partial charge in [-0.3, -0.25) is 0 Å². The molecule has 1 aliphatic rings. The maximum atomic E-state index is 12.2. The van der Waals surface area contributed by atoms with E-state index in [4.69, 9.17) is 0 Å². The SMILES string of the molecule is O=C(NCc1ccc(C2CC2)cc1)Nc1cccnc1-n1cncn1. The smallest absolute Gasteiger partial charge is 0.319 e. The Labute approximate surface area is 145 Å². The van der Waals surface area contributed by atoms with Gasteiger partial charge in [0.1, 0.15) is 12.7 Å². The van der Waals surface area contributed by atoms with Crippen LogP contribution in [0.15, 0.2) is 55.2 Å². The Bertz CT molecular complexity index is 856. The first kappa shape index (κ1) is 15.3. The summed E-state index contributed by atoms with van der Waals surface area (Å²) in [4.78, 5) is 20.3. The third-order valence-electron chi connectivity index (χ3n) is 4.15. The first-order chi connectivity index (χ1) is 12.3. The topological polar surface area (TPSA) is 84.7 Å². The second-order valence-electron chi connectivity index (χ2n) is 6.04. The summed E-state index contributed by atoms with van der Waals surface area (Å²) >= 11 is 0. The molecule has 25 heavy (non-hydrogen) atoms. The first-order valence-electron chi connectivity index (χ1n) is 8.23. The van der Waals surface area contributed by atoms with E-state index < -0.39 is 0 Å². The average Bonchev–Trinajstić information content (AvgIpc) is 3.35. The average molecular weight is 334 g/mol. The number of amides is 2. The van der Waals surface area contributed by atoms with E-state index in [2.05, 4.69) is 50.0 Å². The molecular formula is C18H18N6O. The molecule has 3 aromatic rings. The highest BCUT2D eigenvalue weighted by molar-refractivity contribution is 5.90. The molecule has 0 radical (unpaired) electrons. The molecule has 4 rings (SSSR count). The number of carbonyl (C=O) groups excluding carboxylic acids is 1. The fraction of sp³-hybridized carbons (Fsp3) is 0.222. The molecule has 0 bridgehead atoms. The molecule has 2 N–H and O–H groups in total. The van der Waals surface area contributed by atoms with Gasteiger partial charge in [0.05, 0.1) is 5.69 Å². The minimum atomic E-state index is -0.291. The lowest BCUT2D eigenvalue weighted by Gasteiger charge is -2.11. The molecule has 0 atom stereocenters. The van der Waals surface area contributed by atoms with Crippen LogP contribution < -0.4 is 10.6 Å². The highest BCUT2D eigenvalue weighted by Crippen LogP contribution is 2.39. The molecule has 7 nitrogen and oxygen atoms in total. The highest BCUT2D eigenvalue weighted by Gasteiger charge is 2.22. The number of pyridine rings is 1. The van der Waals surface area contributed by atoms with Crippen molar-refractivity contribution in [2.24, 2.45) is 0 Å². The van der Waals surface area contributed by atoms with Crippen LogP contribution in [0.5, 0.6) is 0 Å². The Morgan fingerprint density at radius 2 is 2.04 bits per heavy atom. The van der Waals surface area contributed by atoms with Crippen molar-refractivity contribution < 1.29 is 4.79 Å². The Hall–Kier alpha value is -3.22. The van der Waals surface area contributed by atoms with Crippen molar-refractivity contribution in [3.63, 3.8) is 0 Å². The van der Waals surface area contributed by atoms with Gasteiger partial charge in [0.15, 0.2) is 5.82 Å². The van der Waals surface area contributed by atoms with Crippen LogP contribution in [0.3, 0.4) is 0 Å². The third-order valence-corrected chi connectivity index (χ3v) is 4.15. The Balaban J connectivity index is 1.37. The lowest BCUT2D eigenvalue weighted by Crippen LogP contribution is -2.28. The van der Waals surface area contributed by atoms with E-state index in [1.807, 2.05) is 0 Å². The van der Waals surface area contributed by atoms with Crippen molar-refractivity contribution >= 4 is 11.7 Å². The van der Waals surface area contributed by atoms with E-state index in [1.54, 1.807) is 18.3 Å². The molecule has 0 aliphatic heterocycles. The van der Waals surface area contributed by atoms with Gasteiger partial charge in [-0.25, -0.2) is 19.4 Å². The quantitative estimate of drug-likeness (QED) is 0.751. The van der Waals surface area contributed by atoms with Gasteiger partial charge in [-0.1, -0.05) is 24.3 Å². The minimum absolute atomic E-state index is 0.291. The number of urea groups is 1. The second-order valence-corrected chi connectivity index (χ2v) is 6.04. The zero-order chi connectivity index (χ0) is 17.1. The van der Waals surface area contributed by atoms with Crippen LogP contribution in [0, 0.1) is 0 Å². The monoisotopic (exact) mass is 334 g/mol. The summed E-state index contributed by atoms with van der Waals surface area (Å²) in [7, 11) is 0. The minimum Gasteiger partial charge on any atom is -0.334 e. The lowest BCUT2D eigenvalue weighted by molar-refractivity contribution is 0.251. The number of hydrogen-bond acceptors (Lipinski definition) is 4. The molecule has 0 saturated heterocycles. The van der Waals surface area contributed by atoms with Crippen molar-refractivity contribution in [1.29, 1.82) is 0 Å². The maximum Gasteiger partial charge on any atom is 0.319 e. The summed E-state index contributed by atoms with van der Waals surface area (Å²) < 4.78 is 1.51. The number of nitrogens with one attached hydrogen (secondary N) is 2. The predicted octanol–water partition coefficient (Wildman–Crippen LogP) is 2.86. The Morgan fingerprint density at radius 1 is 1.20 bits per heavy atom. The van der Waals surface area contributed by atoms with E-state index in [9.17, 15) is 4.79 Å². The first-order valence-corrected chi connectivity index (χ1v) is 8.23. The van der Waals surface area contributed by atoms with Crippen molar-refractivity contribution in [2.75, 3.05) is 5.32 Å². The lowest BCUT2D eigenvalue weighted by atomic mass is 10.1. The van der Waals surface area contributed by atoms with Crippen molar-refractivity contribution in [3.05, 3.63) is 66.4 Å². The van der Waals surface area contributed by atoms with Crippen LogP contribution in [0.4, 0.5) is 10.5 Å². The van der Waals surface area contributed by atoms with Crippen LogP contribution in [0.2, 0.25) is 0 Å². The Morgan fingerprint density at radius 3 is 2.76 bits per heavy atom. The molecule has 1 saturated carbocycles. The third kappa shape index (κ3) is 3.65. The van der Waals surface area contributed by atoms with Crippen molar-refractivity contribution in [2.45, 2.75) is 25.3 Å². The van der Waals surface area contributed by atoms with Crippen LogP contribution >= 0.6 is 0 Å². The zero-order valence-electron chi connectivity index (χ0n) is 13.6. The summed E-state index contributed by atoms with van der Waals surface area (Å²) in [6.45, 7) is 0.468. The van der Waals surface area contributed by atoms with E-state index in [1.165, 1.54) is 35.7 Å². The van der Waals surface area contributed by atoms with Gasteiger partial charge in [0.25, 0.3) is 0 Å². The zero-order valence-corrected chi connectivity index (χ0v) is 13.6. The van der Waals surface area contributed by atoms with Gasteiger partial charge in [-0.2, -0.15) is 5.10 Å². The number of rotatable bonds is 5. The molecule has 1 aromatic carbocycles. The van der Waals surface area contributed by atoms with E-state index in [0.29, 0.717) is 18.1 Å². The molecule has 126 valence electrons. The summed E-state index contributed by atoms with van der Waals surface area (Å²) in [5.74, 6) is 1.26. The second kappa shape index (κ2) is 6.72. The number of nitrogens with zero attached hydrogens (tertiary/aromatic N) is 4. The van der Waals surface area contributed by atoms with Crippen molar-refractivity contribution in [1.82, 2.24) is 25.1 Å². The van der Waals surface area contributed by atoms with Crippen LogP contribution in [0.25, 0.3) is 5.82 Å². The summed E-state index contributed by atoms with van der Waals surface area (Å²) in [5.41, 5.74) is 3.03. The number of carbonyl (C=O) groups is 1. The van der Waals surface area contributed by atoms with Gasteiger partial charge in [-0.15, -0.1) is 0 Å². The largest absolute Gasteiger partial charge is 0.334 e. The molecule has 2 amide bonds. The summed E-state index contributed by atoms with van der Waals surface area (Å²) in [6.07, 6.45) is 7.18. The fourth-order valence-electron chi connectivity index (χ4n) is 2.67. The fourth-order valence-corrected chi connectivity index (χ4v) is 2.67. The van der Waals surface area contributed by atoms with E-state index in [-0.39, 0.29) is 6.03 Å². The molecule has 1 aliphatic carbocycles. The number of benzene rings is 1. The molecule has 2 aromatic heterocycles. The normalized spacial score (nSPS) is 13.4. The molecule has 7 heteroatoms. The number of aromatic nitrogens is 4. The van der Waals surface area contributed by atoms with Crippen LogP contribution in [0.1, 0.15) is 29.9 Å². The Kier molecular flexibility index (Phi) is 4.12. The van der Waals surface area contributed by atoms with Gasteiger partial charge in [0, 0.05) is 12.7 Å². The molecular weight excluding hydrogens is 316 g/mol. The summed E-state index contributed by atoms with van der Waals surface area (Å²) in [5, 5.41) is 9.72. The molecule has 2 heterocycles. The van der Waals surface area contributed by atoms with E-state index >= 15 is 0 Å². The number of anilines is 1. The molecule has 0 spiro atoms. The van der Waals surface area contributed by atoms with Crippen molar-refractivity contribution in [3.8, 4) is 5.82 Å². The predicted molar refractivity (Wildman–Crippen MR) is 93.4 cm³/mol. The summed E-state index contributed by atoms with van der Waals surface area (Å²) in [6, 6.07) is 11.7. The number of hydrogen-bond donors (Lipinski definition) is 2. The molecule has 0 unspecified atom stereocenters.